The zero-order valence-electron chi connectivity index (χ0n) is 17.3. The summed E-state index contributed by atoms with van der Waals surface area (Å²) in [5, 5.41) is 6.82. The number of carbonyl (C=O) groups excluding carboxylic acids is 1. The predicted octanol–water partition coefficient (Wildman–Crippen LogP) is 3.93. The number of ether oxygens (including phenoxy) is 2. The van der Waals surface area contributed by atoms with Crippen molar-refractivity contribution in [3.8, 4) is 22.8 Å². The minimum absolute atomic E-state index is 0.190. The van der Waals surface area contributed by atoms with Gasteiger partial charge < -0.3 is 14.8 Å². The molecular weight excluding hydrogens is 458 g/mol. The number of carbonyl (C=O) groups is 1. The van der Waals surface area contributed by atoms with Crippen LogP contribution in [0.5, 0.6) is 11.5 Å². The van der Waals surface area contributed by atoms with Gasteiger partial charge in [0.2, 0.25) is 5.91 Å². The summed E-state index contributed by atoms with van der Waals surface area (Å²) in [7, 11) is 1.16. The van der Waals surface area contributed by atoms with Crippen molar-refractivity contribution in [2.24, 2.45) is 0 Å². The second-order valence-corrected chi connectivity index (χ2v) is 10.6. The quantitative estimate of drug-likeness (QED) is 0.471. The van der Waals surface area contributed by atoms with Crippen LogP contribution in [0.4, 0.5) is 5.13 Å². The smallest absolute Gasteiger partial charge is 0.252 e. The fourth-order valence-corrected chi connectivity index (χ4v) is 5.93. The minimum atomic E-state index is -3.50. The summed E-state index contributed by atoms with van der Waals surface area (Å²) in [5.41, 5.74) is 1.55. The summed E-state index contributed by atoms with van der Waals surface area (Å²) in [6.07, 6.45) is 0.594. The molecule has 0 radical (unpaired) electrons. The first-order valence-electron chi connectivity index (χ1n) is 9.32. The van der Waals surface area contributed by atoms with Gasteiger partial charge in [-0.2, -0.15) is 0 Å². The maximum Gasteiger partial charge on any atom is 0.252 e. The molecule has 0 fully saturated rings. The van der Waals surface area contributed by atoms with E-state index in [2.05, 4.69) is 10.3 Å². The Kier molecular flexibility index (Phi) is 7.65. The van der Waals surface area contributed by atoms with Crippen LogP contribution >= 0.6 is 22.7 Å². The Morgan fingerprint density at radius 1 is 1.16 bits per heavy atom. The van der Waals surface area contributed by atoms with E-state index in [-0.39, 0.29) is 18.9 Å². The zero-order valence-corrected chi connectivity index (χ0v) is 19.8. The third-order valence-corrected chi connectivity index (χ3v) is 8.45. The largest absolute Gasteiger partial charge is 0.493 e. The van der Waals surface area contributed by atoms with E-state index in [1.165, 1.54) is 34.0 Å². The molecular formula is C20H23N3O5S3. The van der Waals surface area contributed by atoms with E-state index in [0.717, 1.165) is 5.56 Å². The van der Waals surface area contributed by atoms with Crippen LogP contribution in [-0.4, -0.2) is 51.4 Å². The fourth-order valence-electron chi connectivity index (χ4n) is 2.79. The number of rotatable bonds is 10. The van der Waals surface area contributed by atoms with Gasteiger partial charge in [0.1, 0.15) is 4.21 Å². The second-order valence-electron chi connectivity index (χ2n) is 6.52. The monoisotopic (exact) mass is 481 g/mol. The molecule has 31 heavy (non-hydrogen) atoms. The Bertz CT molecular complexity index is 1130. The average molecular weight is 482 g/mol. The van der Waals surface area contributed by atoms with E-state index in [0.29, 0.717) is 33.0 Å². The van der Waals surface area contributed by atoms with Gasteiger partial charge in [0.15, 0.2) is 16.6 Å². The molecule has 0 aliphatic rings. The summed E-state index contributed by atoms with van der Waals surface area (Å²) < 4.78 is 36.9. The number of anilines is 1. The molecule has 2 heterocycles. The molecule has 0 aliphatic carbocycles. The number of sulfonamides is 1. The molecule has 0 saturated heterocycles. The molecule has 0 saturated carbocycles. The number of hydrogen-bond donors (Lipinski definition) is 1. The Labute approximate surface area is 189 Å². The van der Waals surface area contributed by atoms with Gasteiger partial charge in [0.25, 0.3) is 10.0 Å². The Balaban J connectivity index is 1.53. The van der Waals surface area contributed by atoms with Crippen LogP contribution in [0.1, 0.15) is 12.8 Å². The van der Waals surface area contributed by atoms with E-state index in [1.807, 2.05) is 17.5 Å². The molecule has 0 unspecified atom stereocenters. The fraction of sp³-hybridized carbons (Fsp3) is 0.300. The van der Waals surface area contributed by atoms with Crippen molar-refractivity contribution in [1.82, 2.24) is 9.29 Å². The highest BCUT2D eigenvalue weighted by Crippen LogP contribution is 2.33. The van der Waals surface area contributed by atoms with Gasteiger partial charge in [-0.3, -0.25) is 4.79 Å². The van der Waals surface area contributed by atoms with Crippen molar-refractivity contribution in [3.05, 3.63) is 41.1 Å². The Morgan fingerprint density at radius 2 is 1.94 bits per heavy atom. The molecule has 11 heteroatoms. The molecule has 3 rings (SSSR count). The molecule has 1 aromatic carbocycles. The lowest BCUT2D eigenvalue weighted by molar-refractivity contribution is -0.116. The molecule has 1 N–H and O–H groups in total. The highest BCUT2D eigenvalue weighted by molar-refractivity contribution is 7.91. The zero-order chi connectivity index (χ0) is 22.4. The van der Waals surface area contributed by atoms with Crippen LogP contribution in [0.2, 0.25) is 0 Å². The first-order valence-corrected chi connectivity index (χ1v) is 12.5. The summed E-state index contributed by atoms with van der Waals surface area (Å²) in [5.74, 6) is 1.01. The van der Waals surface area contributed by atoms with Gasteiger partial charge in [-0.05, 0) is 36.1 Å². The number of nitrogens with one attached hydrogen (secondary N) is 1. The minimum Gasteiger partial charge on any atom is -0.493 e. The van der Waals surface area contributed by atoms with Crippen LogP contribution in [0.3, 0.4) is 0 Å². The lowest BCUT2D eigenvalue weighted by Crippen LogP contribution is -2.28. The van der Waals surface area contributed by atoms with Gasteiger partial charge in [-0.25, -0.2) is 17.7 Å². The van der Waals surface area contributed by atoms with E-state index in [1.54, 1.807) is 37.8 Å². The second kappa shape index (κ2) is 10.2. The van der Waals surface area contributed by atoms with Crippen molar-refractivity contribution in [2.45, 2.75) is 17.1 Å². The molecule has 166 valence electrons. The third kappa shape index (κ3) is 5.62. The number of aromatic nitrogens is 1. The summed E-state index contributed by atoms with van der Waals surface area (Å²) in [6, 6.07) is 8.76. The van der Waals surface area contributed by atoms with Gasteiger partial charge in [-0.15, -0.1) is 22.7 Å². The van der Waals surface area contributed by atoms with Crippen molar-refractivity contribution >= 4 is 43.7 Å². The molecule has 3 aromatic rings. The van der Waals surface area contributed by atoms with Crippen LogP contribution in [0.25, 0.3) is 11.3 Å². The van der Waals surface area contributed by atoms with Gasteiger partial charge in [0.05, 0.1) is 19.9 Å². The van der Waals surface area contributed by atoms with E-state index >= 15 is 0 Å². The predicted molar refractivity (Wildman–Crippen MR) is 123 cm³/mol. The Morgan fingerprint density at radius 3 is 2.61 bits per heavy atom. The average Bonchev–Trinajstić information content (AvgIpc) is 3.46. The van der Waals surface area contributed by atoms with Gasteiger partial charge in [-0.1, -0.05) is 6.07 Å². The molecule has 0 spiro atoms. The molecule has 2 aromatic heterocycles. The van der Waals surface area contributed by atoms with Crippen LogP contribution in [0, 0.1) is 0 Å². The molecule has 1 amide bonds. The van der Waals surface area contributed by atoms with Crippen LogP contribution in [0.15, 0.2) is 45.3 Å². The number of thiazole rings is 1. The highest BCUT2D eigenvalue weighted by Gasteiger charge is 2.21. The lowest BCUT2D eigenvalue weighted by atomic mass is 10.1. The number of methoxy groups -OCH3 is 2. The molecule has 8 nitrogen and oxygen atoms in total. The lowest BCUT2D eigenvalue weighted by Gasteiger charge is -2.15. The Hall–Kier alpha value is -2.47. The van der Waals surface area contributed by atoms with E-state index < -0.39 is 10.0 Å². The molecule has 0 atom stereocenters. The standard InChI is InChI=1S/C20H23N3O5S3/c1-23(31(25,26)19-7-5-11-29-19)10-4-6-18(24)22-20-21-15(13-30-20)14-8-9-16(27-2)17(12-14)28-3/h5,7-9,11-13H,4,6,10H2,1-3H3,(H,21,22,24). The van der Waals surface area contributed by atoms with Crippen LogP contribution < -0.4 is 14.8 Å². The van der Waals surface area contributed by atoms with Gasteiger partial charge in [0, 0.05) is 31.0 Å². The summed E-state index contributed by atoms with van der Waals surface area (Å²) in [6.45, 7) is 0.252. The number of hydrogen-bond acceptors (Lipinski definition) is 8. The maximum absolute atomic E-state index is 12.4. The van der Waals surface area contributed by atoms with Crippen molar-refractivity contribution in [2.75, 3.05) is 33.1 Å². The van der Waals surface area contributed by atoms with Crippen molar-refractivity contribution in [1.29, 1.82) is 0 Å². The SMILES string of the molecule is COc1ccc(-c2csc(NC(=O)CCCN(C)S(=O)(=O)c3cccs3)n2)cc1OC. The number of benzene rings is 1. The molecule has 0 bridgehead atoms. The van der Waals surface area contributed by atoms with Gasteiger partial charge >= 0.3 is 0 Å². The topological polar surface area (TPSA) is 97.8 Å². The summed E-state index contributed by atoms with van der Waals surface area (Å²) in [4.78, 5) is 16.7. The van der Waals surface area contributed by atoms with E-state index in [9.17, 15) is 13.2 Å². The normalized spacial score (nSPS) is 11.5. The molecule has 0 aliphatic heterocycles. The third-order valence-electron chi connectivity index (χ3n) is 4.47. The van der Waals surface area contributed by atoms with Crippen molar-refractivity contribution < 1.29 is 22.7 Å². The first kappa shape index (κ1) is 23.2. The number of thiophene rings is 1. The van der Waals surface area contributed by atoms with E-state index in [4.69, 9.17) is 9.47 Å². The number of amides is 1. The van der Waals surface area contributed by atoms with Crippen LogP contribution in [-0.2, 0) is 14.8 Å². The summed E-state index contributed by atoms with van der Waals surface area (Å²) >= 11 is 2.49. The van der Waals surface area contributed by atoms with Crippen molar-refractivity contribution in [3.63, 3.8) is 0 Å². The maximum atomic E-state index is 12.4. The first-order chi connectivity index (χ1) is 14.8. The number of nitrogens with zero attached hydrogens (tertiary/aromatic N) is 2. The highest BCUT2D eigenvalue weighted by atomic mass is 32.2.